The predicted octanol–water partition coefficient (Wildman–Crippen LogP) is 2.07. The van der Waals surface area contributed by atoms with E-state index in [0.29, 0.717) is 23.8 Å². The lowest BCUT2D eigenvalue weighted by molar-refractivity contribution is 0.254. The molecule has 0 fully saturated rings. The molecule has 0 aliphatic carbocycles. The maximum absolute atomic E-state index is 11.3. The van der Waals surface area contributed by atoms with E-state index >= 15 is 0 Å². The van der Waals surface area contributed by atoms with Crippen molar-refractivity contribution >= 4 is 17.5 Å². The van der Waals surface area contributed by atoms with Crippen LogP contribution in [0.2, 0.25) is 0 Å². The zero-order valence-electron chi connectivity index (χ0n) is 13.3. The van der Waals surface area contributed by atoms with Gasteiger partial charge in [-0.2, -0.15) is 5.10 Å². The van der Waals surface area contributed by atoms with E-state index in [0.717, 1.165) is 11.4 Å². The van der Waals surface area contributed by atoms with Crippen LogP contribution in [0.15, 0.2) is 42.6 Å². The first-order valence-electron chi connectivity index (χ1n) is 7.29. The summed E-state index contributed by atoms with van der Waals surface area (Å²) in [5, 5.41) is 9.48. The van der Waals surface area contributed by atoms with Crippen molar-refractivity contribution in [3.63, 3.8) is 0 Å². The Morgan fingerprint density at radius 3 is 2.88 bits per heavy atom. The molecule has 8 heteroatoms. The van der Waals surface area contributed by atoms with Gasteiger partial charge in [-0.3, -0.25) is 5.32 Å². The number of nitrogens with zero attached hydrogens (tertiary/aromatic N) is 3. The molecule has 0 spiro atoms. The molecular weight excluding hydrogens is 310 g/mol. The molecule has 0 saturated heterocycles. The number of ether oxygens (including phenoxy) is 2. The van der Waals surface area contributed by atoms with Gasteiger partial charge in [-0.15, -0.1) is 0 Å². The van der Waals surface area contributed by atoms with Crippen molar-refractivity contribution in [3.8, 4) is 11.5 Å². The Balaban J connectivity index is 1.71. The van der Waals surface area contributed by atoms with Crippen LogP contribution in [0.5, 0.6) is 11.5 Å². The van der Waals surface area contributed by atoms with Gasteiger partial charge in [0.1, 0.15) is 18.1 Å². The Morgan fingerprint density at radius 1 is 1.25 bits per heavy atom. The first kappa shape index (κ1) is 15.6. The van der Waals surface area contributed by atoms with E-state index in [-0.39, 0.29) is 6.03 Å². The minimum Gasteiger partial charge on any atom is -0.497 e. The van der Waals surface area contributed by atoms with Crippen LogP contribution >= 0.6 is 0 Å². The molecule has 0 atom stereocenters. The summed E-state index contributed by atoms with van der Waals surface area (Å²) in [4.78, 5) is 15.6. The van der Waals surface area contributed by atoms with Crippen molar-refractivity contribution in [2.24, 2.45) is 0 Å². The normalized spacial score (nSPS) is 10.4. The summed E-state index contributed by atoms with van der Waals surface area (Å²) in [7, 11) is 3.15. The molecule has 0 radical (unpaired) electrons. The molecule has 3 rings (SSSR count). The summed E-state index contributed by atoms with van der Waals surface area (Å²) in [5.74, 6) is 1.85. The lowest BCUT2D eigenvalue weighted by atomic mass is 10.3. The molecule has 3 aromatic rings. The second-order valence-electron chi connectivity index (χ2n) is 4.93. The summed E-state index contributed by atoms with van der Waals surface area (Å²) in [6.07, 6.45) is 1.64. The lowest BCUT2D eigenvalue weighted by Crippen LogP contribution is -2.24. The molecule has 0 unspecified atom stereocenters. The van der Waals surface area contributed by atoms with E-state index in [4.69, 9.17) is 9.47 Å². The molecule has 2 amide bonds. The van der Waals surface area contributed by atoms with Crippen molar-refractivity contribution in [2.75, 3.05) is 19.5 Å². The maximum atomic E-state index is 11.3. The summed E-state index contributed by atoms with van der Waals surface area (Å²) < 4.78 is 12.5. The quantitative estimate of drug-likeness (QED) is 0.749. The van der Waals surface area contributed by atoms with Gasteiger partial charge in [0.2, 0.25) is 0 Å². The first-order valence-corrected chi connectivity index (χ1v) is 7.29. The fraction of sp³-hybridized carbons (Fsp3) is 0.188. The highest BCUT2D eigenvalue weighted by atomic mass is 16.5. The second-order valence-corrected chi connectivity index (χ2v) is 4.93. The van der Waals surface area contributed by atoms with E-state index < -0.39 is 0 Å². The number of methoxy groups -OCH3 is 1. The minimum atomic E-state index is -0.333. The molecule has 1 aromatic carbocycles. The average molecular weight is 327 g/mol. The zero-order chi connectivity index (χ0) is 16.9. The zero-order valence-corrected chi connectivity index (χ0v) is 13.3. The Kier molecular flexibility index (Phi) is 4.46. The van der Waals surface area contributed by atoms with Crippen molar-refractivity contribution in [1.29, 1.82) is 0 Å². The third-order valence-corrected chi connectivity index (χ3v) is 3.27. The Hall–Kier alpha value is -3.29. The van der Waals surface area contributed by atoms with Gasteiger partial charge in [0.05, 0.1) is 19.0 Å². The summed E-state index contributed by atoms with van der Waals surface area (Å²) in [6.45, 7) is 0.305. The Bertz CT molecular complexity index is 862. The van der Waals surface area contributed by atoms with E-state index in [1.807, 2.05) is 30.3 Å². The molecule has 124 valence electrons. The van der Waals surface area contributed by atoms with Crippen LogP contribution in [-0.4, -0.2) is 34.8 Å². The van der Waals surface area contributed by atoms with Crippen molar-refractivity contribution in [2.45, 2.75) is 6.61 Å². The third-order valence-electron chi connectivity index (χ3n) is 3.27. The van der Waals surface area contributed by atoms with Gasteiger partial charge < -0.3 is 14.8 Å². The number of amides is 2. The number of benzene rings is 1. The Morgan fingerprint density at radius 2 is 2.08 bits per heavy atom. The topological polar surface area (TPSA) is 89.8 Å². The highest BCUT2D eigenvalue weighted by molar-refractivity contribution is 5.88. The number of urea groups is 1. The minimum absolute atomic E-state index is 0.305. The van der Waals surface area contributed by atoms with Gasteiger partial charge in [-0.05, 0) is 24.3 Å². The average Bonchev–Trinajstić information content (AvgIpc) is 3.01. The largest absolute Gasteiger partial charge is 0.497 e. The molecule has 8 nitrogen and oxygen atoms in total. The fourth-order valence-electron chi connectivity index (χ4n) is 2.09. The van der Waals surface area contributed by atoms with Gasteiger partial charge in [-0.25, -0.2) is 14.3 Å². The van der Waals surface area contributed by atoms with Crippen LogP contribution in [-0.2, 0) is 6.61 Å². The monoisotopic (exact) mass is 327 g/mol. The van der Waals surface area contributed by atoms with Crippen LogP contribution in [0.25, 0.3) is 5.65 Å². The molecule has 24 heavy (non-hydrogen) atoms. The number of carbonyl (C=O) groups excluding carboxylic acids is 1. The van der Waals surface area contributed by atoms with Gasteiger partial charge in [0.15, 0.2) is 11.5 Å². The molecule has 2 aromatic heterocycles. The summed E-state index contributed by atoms with van der Waals surface area (Å²) in [6, 6.07) is 10.7. The maximum Gasteiger partial charge on any atom is 0.320 e. The van der Waals surface area contributed by atoms with Crippen LogP contribution in [0.1, 0.15) is 5.69 Å². The van der Waals surface area contributed by atoms with Crippen molar-refractivity contribution < 1.29 is 14.3 Å². The number of rotatable bonds is 5. The van der Waals surface area contributed by atoms with E-state index in [9.17, 15) is 4.79 Å². The molecule has 0 aliphatic heterocycles. The molecule has 0 bridgehead atoms. The fourth-order valence-corrected chi connectivity index (χ4v) is 2.09. The number of carbonyl (C=O) groups is 1. The van der Waals surface area contributed by atoms with Crippen LogP contribution in [0.3, 0.4) is 0 Å². The van der Waals surface area contributed by atoms with Crippen LogP contribution < -0.4 is 20.1 Å². The second kappa shape index (κ2) is 6.86. The van der Waals surface area contributed by atoms with Gasteiger partial charge in [-0.1, -0.05) is 6.07 Å². The highest BCUT2D eigenvalue weighted by Gasteiger charge is 2.07. The van der Waals surface area contributed by atoms with E-state index in [2.05, 4.69) is 20.7 Å². The molecule has 2 heterocycles. The highest BCUT2D eigenvalue weighted by Crippen LogP contribution is 2.19. The van der Waals surface area contributed by atoms with E-state index in [1.54, 1.807) is 23.9 Å². The van der Waals surface area contributed by atoms with E-state index in [1.165, 1.54) is 7.05 Å². The first-order chi connectivity index (χ1) is 11.7. The van der Waals surface area contributed by atoms with Gasteiger partial charge >= 0.3 is 6.03 Å². The van der Waals surface area contributed by atoms with Crippen LogP contribution in [0, 0.1) is 0 Å². The number of imidazole rings is 1. The molecule has 0 saturated carbocycles. The smallest absolute Gasteiger partial charge is 0.320 e. The summed E-state index contributed by atoms with van der Waals surface area (Å²) >= 11 is 0. The lowest BCUT2D eigenvalue weighted by Gasteiger charge is -2.07. The number of fused-ring (bicyclic) bond motifs is 1. The van der Waals surface area contributed by atoms with Gasteiger partial charge in [0, 0.05) is 13.1 Å². The molecular formula is C16H17N5O3. The number of aromatic nitrogens is 3. The third kappa shape index (κ3) is 3.54. The molecule has 0 aliphatic rings. The van der Waals surface area contributed by atoms with Crippen molar-refractivity contribution in [3.05, 3.63) is 48.3 Å². The number of hydrogen-bond acceptors (Lipinski definition) is 5. The standard InChI is InChI=1S/C16H17N5O3/c1-17-16(22)19-14-9-21-15(18-14)7-6-11(20-21)10-24-13-5-3-4-12(8-13)23-2/h3-9H,10H2,1-2H3,(H2,17,19,22). The summed E-state index contributed by atoms with van der Waals surface area (Å²) in [5.41, 5.74) is 1.36. The Labute approximate surface area is 138 Å². The SMILES string of the molecule is CNC(=O)Nc1cn2nc(COc3cccc(OC)c3)ccc2n1. The number of nitrogens with one attached hydrogen (secondary N) is 2. The van der Waals surface area contributed by atoms with Crippen LogP contribution in [0.4, 0.5) is 10.6 Å². The van der Waals surface area contributed by atoms with Crippen molar-refractivity contribution in [1.82, 2.24) is 19.9 Å². The number of anilines is 1. The number of hydrogen-bond donors (Lipinski definition) is 2. The molecule has 2 N–H and O–H groups in total. The van der Waals surface area contributed by atoms with Gasteiger partial charge in [0.25, 0.3) is 0 Å². The predicted molar refractivity (Wildman–Crippen MR) is 88.4 cm³/mol.